The summed E-state index contributed by atoms with van der Waals surface area (Å²) in [6, 6.07) is 20.4. The molecule has 0 saturated heterocycles. The van der Waals surface area contributed by atoms with E-state index in [1.54, 1.807) is 0 Å². The molecule has 0 radical (unpaired) electrons. The molecule has 106 valence electrons. The lowest BCUT2D eigenvalue weighted by atomic mass is 10.1. The summed E-state index contributed by atoms with van der Waals surface area (Å²) in [7, 11) is 0. The summed E-state index contributed by atoms with van der Waals surface area (Å²) in [5, 5.41) is 2.38. The molecule has 0 bridgehead atoms. The van der Waals surface area contributed by atoms with Crippen molar-refractivity contribution in [1.82, 2.24) is 0 Å². The van der Waals surface area contributed by atoms with Gasteiger partial charge in [-0.3, -0.25) is 0 Å². The monoisotopic (exact) mass is 341 g/mol. The molecular formula is C18H16BrNO. The first kappa shape index (κ1) is 14.1. The van der Waals surface area contributed by atoms with Crippen LogP contribution in [0.25, 0.3) is 10.8 Å². The van der Waals surface area contributed by atoms with E-state index in [0.717, 1.165) is 28.0 Å². The van der Waals surface area contributed by atoms with Crippen molar-refractivity contribution < 1.29 is 4.74 Å². The second kappa shape index (κ2) is 6.29. The topological polar surface area (TPSA) is 35.2 Å². The highest BCUT2D eigenvalue weighted by Gasteiger charge is 2.06. The summed E-state index contributed by atoms with van der Waals surface area (Å²) in [6.07, 6.45) is 0.794. The van der Waals surface area contributed by atoms with Gasteiger partial charge in [-0.1, -0.05) is 46.3 Å². The van der Waals surface area contributed by atoms with Gasteiger partial charge in [-0.05, 0) is 59.6 Å². The van der Waals surface area contributed by atoms with Crippen molar-refractivity contribution in [3.8, 4) is 11.5 Å². The van der Waals surface area contributed by atoms with Crippen LogP contribution < -0.4 is 10.5 Å². The molecule has 0 fully saturated rings. The van der Waals surface area contributed by atoms with Gasteiger partial charge in [0.2, 0.25) is 0 Å². The third-order valence-corrected chi connectivity index (χ3v) is 3.88. The second-order valence-electron chi connectivity index (χ2n) is 4.90. The van der Waals surface area contributed by atoms with Crippen molar-refractivity contribution in [2.75, 3.05) is 6.54 Å². The molecule has 0 heterocycles. The zero-order valence-electron chi connectivity index (χ0n) is 11.6. The zero-order valence-corrected chi connectivity index (χ0v) is 13.1. The van der Waals surface area contributed by atoms with Crippen molar-refractivity contribution in [3.63, 3.8) is 0 Å². The van der Waals surface area contributed by atoms with Crippen LogP contribution in [0.3, 0.4) is 0 Å². The molecule has 0 aliphatic carbocycles. The average Bonchev–Trinajstić information content (AvgIpc) is 2.50. The van der Waals surface area contributed by atoms with Gasteiger partial charge in [0.15, 0.2) is 0 Å². The SMILES string of the molecule is NCCc1cc(Br)ccc1Oc1ccc2ccccc2c1. The Kier molecular flexibility index (Phi) is 4.23. The quantitative estimate of drug-likeness (QED) is 0.732. The maximum Gasteiger partial charge on any atom is 0.130 e. The van der Waals surface area contributed by atoms with Crippen LogP contribution in [0.4, 0.5) is 0 Å². The predicted molar refractivity (Wildman–Crippen MR) is 90.9 cm³/mol. The van der Waals surface area contributed by atoms with Crippen LogP contribution in [-0.4, -0.2) is 6.54 Å². The molecule has 2 N–H and O–H groups in total. The van der Waals surface area contributed by atoms with E-state index in [9.17, 15) is 0 Å². The number of nitrogens with two attached hydrogens (primary N) is 1. The standard InChI is InChI=1S/C18H16BrNO/c19-16-6-8-18(15(11-16)9-10-20)21-17-7-5-13-3-1-2-4-14(13)12-17/h1-8,11-12H,9-10,20H2. The van der Waals surface area contributed by atoms with Crippen LogP contribution in [0.15, 0.2) is 65.1 Å². The van der Waals surface area contributed by atoms with E-state index in [2.05, 4.69) is 46.3 Å². The number of ether oxygens (including phenoxy) is 1. The second-order valence-corrected chi connectivity index (χ2v) is 5.82. The molecule has 0 unspecified atom stereocenters. The molecule has 0 spiro atoms. The molecule has 0 aromatic heterocycles. The van der Waals surface area contributed by atoms with Gasteiger partial charge in [0.25, 0.3) is 0 Å². The molecule has 2 nitrogen and oxygen atoms in total. The molecule has 0 amide bonds. The molecule has 3 aromatic carbocycles. The van der Waals surface area contributed by atoms with Gasteiger partial charge in [0, 0.05) is 4.47 Å². The summed E-state index contributed by atoms with van der Waals surface area (Å²) in [5.74, 6) is 1.70. The lowest BCUT2D eigenvalue weighted by Gasteiger charge is -2.12. The largest absolute Gasteiger partial charge is 0.457 e. The average molecular weight is 342 g/mol. The molecule has 3 aromatic rings. The fraction of sp³-hybridized carbons (Fsp3) is 0.111. The van der Waals surface area contributed by atoms with Crippen LogP contribution in [0, 0.1) is 0 Å². The number of benzene rings is 3. The fourth-order valence-electron chi connectivity index (χ4n) is 2.36. The summed E-state index contributed by atoms with van der Waals surface area (Å²) in [6.45, 7) is 0.602. The Morgan fingerprint density at radius 3 is 2.52 bits per heavy atom. The minimum Gasteiger partial charge on any atom is -0.457 e. The van der Waals surface area contributed by atoms with Crippen LogP contribution in [0.2, 0.25) is 0 Å². The molecule has 0 saturated carbocycles. The Bertz CT molecular complexity index is 770. The Morgan fingerprint density at radius 2 is 1.71 bits per heavy atom. The normalized spacial score (nSPS) is 10.8. The first-order valence-electron chi connectivity index (χ1n) is 6.91. The van der Waals surface area contributed by atoms with E-state index >= 15 is 0 Å². The lowest BCUT2D eigenvalue weighted by molar-refractivity contribution is 0.477. The van der Waals surface area contributed by atoms with Crippen molar-refractivity contribution >= 4 is 26.7 Å². The molecule has 3 heteroatoms. The zero-order chi connectivity index (χ0) is 14.7. The van der Waals surface area contributed by atoms with Crippen LogP contribution in [-0.2, 0) is 6.42 Å². The summed E-state index contributed by atoms with van der Waals surface area (Å²) in [4.78, 5) is 0. The Labute approximate surface area is 132 Å². The first-order chi connectivity index (χ1) is 10.3. The Hall–Kier alpha value is -1.84. The van der Waals surface area contributed by atoms with E-state index in [4.69, 9.17) is 10.5 Å². The van der Waals surface area contributed by atoms with Crippen molar-refractivity contribution in [2.45, 2.75) is 6.42 Å². The molecule has 3 rings (SSSR count). The first-order valence-corrected chi connectivity index (χ1v) is 7.71. The molecule has 0 aliphatic heterocycles. The number of fused-ring (bicyclic) bond motifs is 1. The Balaban J connectivity index is 1.94. The van der Waals surface area contributed by atoms with Gasteiger partial charge in [-0.25, -0.2) is 0 Å². The number of hydrogen-bond acceptors (Lipinski definition) is 2. The fourth-order valence-corrected chi connectivity index (χ4v) is 2.76. The predicted octanol–water partition coefficient (Wildman–Crippen LogP) is 4.90. The number of rotatable bonds is 4. The molecular weight excluding hydrogens is 326 g/mol. The van der Waals surface area contributed by atoms with Crippen molar-refractivity contribution in [2.24, 2.45) is 5.73 Å². The molecule has 0 atom stereocenters. The highest BCUT2D eigenvalue weighted by Crippen LogP contribution is 2.30. The van der Waals surface area contributed by atoms with Gasteiger partial charge in [0.1, 0.15) is 11.5 Å². The van der Waals surface area contributed by atoms with Crippen LogP contribution in [0.1, 0.15) is 5.56 Å². The van der Waals surface area contributed by atoms with Crippen LogP contribution >= 0.6 is 15.9 Å². The maximum absolute atomic E-state index is 6.05. The van der Waals surface area contributed by atoms with Gasteiger partial charge >= 0.3 is 0 Å². The summed E-state index contributed by atoms with van der Waals surface area (Å²) >= 11 is 3.49. The maximum atomic E-state index is 6.05. The van der Waals surface area contributed by atoms with E-state index in [-0.39, 0.29) is 0 Å². The van der Waals surface area contributed by atoms with Gasteiger partial charge in [-0.2, -0.15) is 0 Å². The summed E-state index contributed by atoms with van der Waals surface area (Å²) < 4.78 is 7.09. The van der Waals surface area contributed by atoms with E-state index in [0.29, 0.717) is 6.54 Å². The minimum absolute atomic E-state index is 0.602. The highest BCUT2D eigenvalue weighted by molar-refractivity contribution is 9.10. The van der Waals surface area contributed by atoms with Gasteiger partial charge in [0.05, 0.1) is 0 Å². The number of halogens is 1. The van der Waals surface area contributed by atoms with Crippen LogP contribution in [0.5, 0.6) is 11.5 Å². The third kappa shape index (κ3) is 3.26. The van der Waals surface area contributed by atoms with E-state index in [1.165, 1.54) is 10.8 Å². The smallest absolute Gasteiger partial charge is 0.130 e. The van der Waals surface area contributed by atoms with Gasteiger partial charge in [-0.15, -0.1) is 0 Å². The molecule has 21 heavy (non-hydrogen) atoms. The number of hydrogen-bond donors (Lipinski definition) is 1. The Morgan fingerprint density at radius 1 is 0.905 bits per heavy atom. The van der Waals surface area contributed by atoms with Crippen molar-refractivity contribution in [1.29, 1.82) is 0 Å². The van der Waals surface area contributed by atoms with Gasteiger partial charge < -0.3 is 10.5 Å². The minimum atomic E-state index is 0.602. The van der Waals surface area contributed by atoms with E-state index < -0.39 is 0 Å². The third-order valence-electron chi connectivity index (χ3n) is 3.38. The lowest BCUT2D eigenvalue weighted by Crippen LogP contribution is -2.04. The highest BCUT2D eigenvalue weighted by atomic mass is 79.9. The molecule has 0 aliphatic rings. The summed E-state index contributed by atoms with van der Waals surface area (Å²) in [5.41, 5.74) is 6.79. The van der Waals surface area contributed by atoms with E-state index in [1.807, 2.05) is 30.3 Å². The van der Waals surface area contributed by atoms with Crippen molar-refractivity contribution in [3.05, 3.63) is 70.7 Å².